The predicted molar refractivity (Wildman–Crippen MR) is 75.8 cm³/mol. The summed E-state index contributed by atoms with van der Waals surface area (Å²) in [6, 6.07) is 4.03. The van der Waals surface area contributed by atoms with Crippen LogP contribution in [-0.4, -0.2) is 17.6 Å². The molecule has 1 N–H and O–H groups in total. The van der Waals surface area contributed by atoms with E-state index >= 15 is 0 Å². The van der Waals surface area contributed by atoms with Gasteiger partial charge in [0.05, 0.1) is 6.10 Å². The molecule has 0 saturated heterocycles. The minimum Gasteiger partial charge on any atom is -0.475 e. The van der Waals surface area contributed by atoms with E-state index in [1.807, 2.05) is 12.3 Å². The summed E-state index contributed by atoms with van der Waals surface area (Å²) < 4.78 is 5.72. The molecule has 0 aliphatic carbocycles. The van der Waals surface area contributed by atoms with Gasteiger partial charge in [-0.25, -0.2) is 4.98 Å². The van der Waals surface area contributed by atoms with Crippen LogP contribution in [0.25, 0.3) is 0 Å². The first-order valence-electron chi connectivity index (χ1n) is 6.94. The van der Waals surface area contributed by atoms with Gasteiger partial charge in [0, 0.05) is 18.8 Å². The Morgan fingerprint density at radius 2 is 2.06 bits per heavy atom. The molecule has 3 nitrogen and oxygen atoms in total. The van der Waals surface area contributed by atoms with Crippen molar-refractivity contribution in [2.75, 3.05) is 6.54 Å². The Kier molecular flexibility index (Phi) is 6.73. The Labute approximate surface area is 111 Å². The van der Waals surface area contributed by atoms with Gasteiger partial charge in [-0.2, -0.15) is 0 Å². The quantitative estimate of drug-likeness (QED) is 0.768. The van der Waals surface area contributed by atoms with Crippen molar-refractivity contribution in [2.24, 2.45) is 5.92 Å². The van der Waals surface area contributed by atoms with Gasteiger partial charge in [-0.05, 0) is 31.4 Å². The van der Waals surface area contributed by atoms with E-state index in [1.165, 1.54) is 5.56 Å². The number of ether oxygens (including phenoxy) is 1. The maximum Gasteiger partial charge on any atom is 0.213 e. The third-order valence-electron chi connectivity index (χ3n) is 2.70. The van der Waals surface area contributed by atoms with Crippen LogP contribution in [-0.2, 0) is 6.54 Å². The maximum absolute atomic E-state index is 5.72. The summed E-state index contributed by atoms with van der Waals surface area (Å²) in [7, 11) is 0. The van der Waals surface area contributed by atoms with E-state index in [2.05, 4.69) is 44.1 Å². The van der Waals surface area contributed by atoms with E-state index in [4.69, 9.17) is 4.74 Å². The molecule has 3 heteroatoms. The molecule has 1 rings (SSSR count). The van der Waals surface area contributed by atoms with Gasteiger partial charge in [-0.15, -0.1) is 0 Å². The van der Waals surface area contributed by atoms with Crippen LogP contribution in [0, 0.1) is 5.92 Å². The smallest absolute Gasteiger partial charge is 0.213 e. The molecule has 0 bridgehead atoms. The van der Waals surface area contributed by atoms with Crippen molar-refractivity contribution < 1.29 is 4.74 Å². The van der Waals surface area contributed by atoms with Crippen LogP contribution >= 0.6 is 0 Å². The minimum absolute atomic E-state index is 0.243. The predicted octanol–water partition coefficient (Wildman–Crippen LogP) is 3.39. The number of hydrogen-bond acceptors (Lipinski definition) is 3. The summed E-state index contributed by atoms with van der Waals surface area (Å²) in [5.74, 6) is 1.40. The average Bonchev–Trinajstić information content (AvgIpc) is 2.31. The summed E-state index contributed by atoms with van der Waals surface area (Å²) in [6.07, 6.45) is 4.34. The van der Waals surface area contributed by atoms with Gasteiger partial charge in [0.2, 0.25) is 5.88 Å². The molecule has 0 spiro atoms. The lowest BCUT2D eigenvalue weighted by Gasteiger charge is -2.13. The minimum atomic E-state index is 0.243. The summed E-state index contributed by atoms with van der Waals surface area (Å²) in [5.41, 5.74) is 1.20. The average molecular weight is 250 g/mol. The van der Waals surface area contributed by atoms with Crippen LogP contribution in [0.15, 0.2) is 18.3 Å². The SMILES string of the molecule is CCCC(C)Oc1ccc(CNCC(C)C)cn1. The van der Waals surface area contributed by atoms with Gasteiger partial charge in [0.1, 0.15) is 0 Å². The fourth-order valence-corrected chi connectivity index (χ4v) is 1.76. The summed E-state index contributed by atoms with van der Waals surface area (Å²) in [6.45, 7) is 10.6. The first kappa shape index (κ1) is 15.0. The monoisotopic (exact) mass is 250 g/mol. The Morgan fingerprint density at radius 1 is 1.28 bits per heavy atom. The summed E-state index contributed by atoms with van der Waals surface area (Å²) in [5, 5.41) is 3.40. The first-order chi connectivity index (χ1) is 8.61. The molecule has 18 heavy (non-hydrogen) atoms. The number of nitrogens with zero attached hydrogens (tertiary/aromatic N) is 1. The molecule has 1 aromatic heterocycles. The lowest BCUT2D eigenvalue weighted by Crippen LogP contribution is -2.19. The fourth-order valence-electron chi connectivity index (χ4n) is 1.76. The number of rotatable bonds is 8. The molecule has 1 atom stereocenters. The van der Waals surface area contributed by atoms with Crippen LogP contribution in [0.1, 0.15) is 46.1 Å². The molecule has 1 aromatic rings. The van der Waals surface area contributed by atoms with Crippen LogP contribution < -0.4 is 10.1 Å². The molecule has 0 aliphatic rings. The molecule has 1 unspecified atom stereocenters. The normalized spacial score (nSPS) is 12.7. The molecule has 0 fully saturated rings. The van der Waals surface area contributed by atoms with Crippen molar-refractivity contribution in [2.45, 2.75) is 53.2 Å². The molecule has 1 heterocycles. The van der Waals surface area contributed by atoms with Crippen molar-refractivity contribution in [1.29, 1.82) is 0 Å². The Morgan fingerprint density at radius 3 is 2.61 bits per heavy atom. The van der Waals surface area contributed by atoms with E-state index in [0.717, 1.165) is 31.8 Å². The van der Waals surface area contributed by atoms with Crippen LogP contribution in [0.4, 0.5) is 0 Å². The number of aromatic nitrogens is 1. The molecule has 0 amide bonds. The van der Waals surface area contributed by atoms with Gasteiger partial charge < -0.3 is 10.1 Å². The number of pyridine rings is 1. The standard InChI is InChI=1S/C15H26N2O/c1-5-6-13(4)18-15-8-7-14(11-17-15)10-16-9-12(2)3/h7-8,11-13,16H,5-6,9-10H2,1-4H3. The second-order valence-corrected chi connectivity index (χ2v) is 5.25. The van der Waals surface area contributed by atoms with Gasteiger partial charge >= 0.3 is 0 Å². The molecule has 0 radical (unpaired) electrons. The van der Waals surface area contributed by atoms with E-state index in [0.29, 0.717) is 5.92 Å². The lowest BCUT2D eigenvalue weighted by atomic mass is 10.2. The lowest BCUT2D eigenvalue weighted by molar-refractivity contribution is 0.201. The second-order valence-electron chi connectivity index (χ2n) is 5.25. The highest BCUT2D eigenvalue weighted by atomic mass is 16.5. The zero-order valence-corrected chi connectivity index (χ0v) is 12.1. The van der Waals surface area contributed by atoms with Crippen LogP contribution in [0.5, 0.6) is 5.88 Å². The highest BCUT2D eigenvalue weighted by Gasteiger charge is 2.03. The summed E-state index contributed by atoms with van der Waals surface area (Å²) in [4.78, 5) is 4.34. The van der Waals surface area contributed by atoms with Crippen molar-refractivity contribution >= 4 is 0 Å². The second kappa shape index (κ2) is 8.09. The van der Waals surface area contributed by atoms with Crippen molar-refractivity contribution in [1.82, 2.24) is 10.3 Å². The molecule has 102 valence electrons. The largest absolute Gasteiger partial charge is 0.475 e. The number of nitrogens with one attached hydrogen (secondary N) is 1. The molecule has 0 saturated carbocycles. The molecule has 0 aromatic carbocycles. The zero-order valence-electron chi connectivity index (χ0n) is 12.1. The van der Waals surface area contributed by atoms with Crippen molar-refractivity contribution in [3.8, 4) is 5.88 Å². The van der Waals surface area contributed by atoms with E-state index in [1.54, 1.807) is 0 Å². The molecule has 0 aliphatic heterocycles. The van der Waals surface area contributed by atoms with Crippen LogP contribution in [0.2, 0.25) is 0 Å². The maximum atomic E-state index is 5.72. The van der Waals surface area contributed by atoms with Crippen molar-refractivity contribution in [3.63, 3.8) is 0 Å². The fraction of sp³-hybridized carbons (Fsp3) is 0.667. The zero-order chi connectivity index (χ0) is 13.4. The third kappa shape index (κ3) is 6.01. The number of hydrogen-bond donors (Lipinski definition) is 1. The van der Waals surface area contributed by atoms with E-state index in [9.17, 15) is 0 Å². The Hall–Kier alpha value is -1.09. The van der Waals surface area contributed by atoms with E-state index < -0.39 is 0 Å². The van der Waals surface area contributed by atoms with Gasteiger partial charge in [0.15, 0.2) is 0 Å². The third-order valence-corrected chi connectivity index (χ3v) is 2.70. The Balaban J connectivity index is 2.37. The highest BCUT2D eigenvalue weighted by Crippen LogP contribution is 2.11. The van der Waals surface area contributed by atoms with Crippen LogP contribution in [0.3, 0.4) is 0 Å². The van der Waals surface area contributed by atoms with Gasteiger partial charge in [-0.1, -0.05) is 33.3 Å². The summed E-state index contributed by atoms with van der Waals surface area (Å²) >= 11 is 0. The van der Waals surface area contributed by atoms with Crippen molar-refractivity contribution in [3.05, 3.63) is 23.9 Å². The topological polar surface area (TPSA) is 34.1 Å². The van der Waals surface area contributed by atoms with Gasteiger partial charge in [0.25, 0.3) is 0 Å². The van der Waals surface area contributed by atoms with Gasteiger partial charge in [-0.3, -0.25) is 0 Å². The van der Waals surface area contributed by atoms with E-state index in [-0.39, 0.29) is 6.10 Å². The molecular weight excluding hydrogens is 224 g/mol. The highest BCUT2D eigenvalue weighted by molar-refractivity contribution is 5.17. The molecular formula is C15H26N2O. The Bertz CT molecular complexity index is 322. The first-order valence-corrected chi connectivity index (χ1v) is 6.94.